The number of aromatic nitrogens is 2. The summed E-state index contributed by atoms with van der Waals surface area (Å²) in [6, 6.07) is 18.2. The van der Waals surface area contributed by atoms with Crippen molar-refractivity contribution in [3.63, 3.8) is 0 Å². The molecule has 0 radical (unpaired) electrons. The van der Waals surface area contributed by atoms with Gasteiger partial charge in [0, 0.05) is 24.3 Å². The third kappa shape index (κ3) is 3.13. The highest BCUT2D eigenvalue weighted by molar-refractivity contribution is 7.16. The Kier molecular flexibility index (Phi) is 4.54. The molecule has 5 heteroatoms. The number of carbonyl (C=O) groups is 1. The molecule has 0 aliphatic heterocycles. The van der Waals surface area contributed by atoms with Gasteiger partial charge in [-0.2, -0.15) is 0 Å². The summed E-state index contributed by atoms with van der Waals surface area (Å²) in [5.41, 5.74) is 2.85. The molecule has 0 fully saturated rings. The first kappa shape index (κ1) is 16.5. The zero-order chi connectivity index (χ0) is 17.9. The predicted molar refractivity (Wildman–Crippen MR) is 105 cm³/mol. The molecule has 0 saturated heterocycles. The van der Waals surface area contributed by atoms with Gasteiger partial charge in [-0.15, -0.1) is 11.3 Å². The summed E-state index contributed by atoms with van der Waals surface area (Å²) >= 11 is 1.66. The van der Waals surface area contributed by atoms with Gasteiger partial charge in [-0.05, 0) is 41.6 Å². The fraction of sp³-hybridized carbons (Fsp3) is 0.143. The third-order valence-electron chi connectivity index (χ3n) is 4.52. The molecule has 4 nitrogen and oxygen atoms in total. The van der Waals surface area contributed by atoms with E-state index < -0.39 is 0 Å². The molecule has 0 bridgehead atoms. The zero-order valence-electron chi connectivity index (χ0n) is 14.4. The van der Waals surface area contributed by atoms with Crippen LogP contribution in [0.15, 0.2) is 72.4 Å². The molecule has 4 rings (SSSR count). The van der Waals surface area contributed by atoms with Crippen molar-refractivity contribution < 1.29 is 4.79 Å². The maximum Gasteiger partial charge on any atom is 0.268 e. The third-order valence-corrected chi connectivity index (χ3v) is 5.45. The van der Waals surface area contributed by atoms with Crippen LogP contribution in [-0.2, 0) is 6.54 Å². The van der Waals surface area contributed by atoms with E-state index in [1.807, 2.05) is 36.4 Å². The molecule has 1 atom stereocenters. The number of benzene rings is 1. The van der Waals surface area contributed by atoms with Crippen LogP contribution in [0.5, 0.6) is 0 Å². The number of nitrogens with zero attached hydrogens (tertiary/aromatic N) is 2. The van der Waals surface area contributed by atoms with Gasteiger partial charge in [0.2, 0.25) is 0 Å². The van der Waals surface area contributed by atoms with Gasteiger partial charge in [-0.1, -0.05) is 36.4 Å². The summed E-state index contributed by atoms with van der Waals surface area (Å²) in [6.07, 6.45) is 3.50. The second kappa shape index (κ2) is 7.14. The first-order chi connectivity index (χ1) is 12.7. The van der Waals surface area contributed by atoms with Crippen LogP contribution in [0.2, 0.25) is 0 Å². The minimum atomic E-state index is -0.0694. The lowest BCUT2D eigenvalue weighted by molar-refractivity contribution is 0.0941. The van der Waals surface area contributed by atoms with Gasteiger partial charge in [0.25, 0.3) is 5.91 Å². The number of fused-ring (bicyclic) bond motifs is 1. The van der Waals surface area contributed by atoms with E-state index >= 15 is 0 Å². The minimum absolute atomic E-state index is 0.0694. The predicted octanol–water partition coefficient (Wildman–Crippen LogP) is 4.64. The standard InChI is InChI=1S/C21H19N3OS/c1-15(17-7-3-2-4-8-17)24-19(12-18-9-11-26-21(18)24)20(25)23-14-16-6-5-10-22-13-16/h2-13,15H,14H2,1H3,(H,23,25). The van der Waals surface area contributed by atoms with Crippen molar-refractivity contribution in [1.29, 1.82) is 0 Å². The number of hydrogen-bond acceptors (Lipinski definition) is 3. The molecular weight excluding hydrogens is 342 g/mol. The largest absolute Gasteiger partial charge is 0.347 e. The zero-order valence-corrected chi connectivity index (χ0v) is 15.2. The molecule has 0 spiro atoms. The Morgan fingerprint density at radius 3 is 2.81 bits per heavy atom. The topological polar surface area (TPSA) is 46.9 Å². The van der Waals surface area contributed by atoms with E-state index in [9.17, 15) is 4.79 Å². The number of amides is 1. The quantitative estimate of drug-likeness (QED) is 0.563. The van der Waals surface area contributed by atoms with E-state index in [2.05, 4.69) is 45.4 Å². The maximum absolute atomic E-state index is 12.9. The summed E-state index contributed by atoms with van der Waals surface area (Å²) < 4.78 is 2.13. The summed E-state index contributed by atoms with van der Waals surface area (Å²) in [5, 5.41) is 6.18. The van der Waals surface area contributed by atoms with Crippen LogP contribution < -0.4 is 5.32 Å². The summed E-state index contributed by atoms with van der Waals surface area (Å²) in [6.45, 7) is 2.59. The van der Waals surface area contributed by atoms with Crippen molar-refractivity contribution in [2.45, 2.75) is 19.5 Å². The molecule has 1 unspecified atom stereocenters. The number of nitrogens with one attached hydrogen (secondary N) is 1. The number of carbonyl (C=O) groups excluding carboxylic acids is 1. The van der Waals surface area contributed by atoms with Crippen molar-refractivity contribution in [2.24, 2.45) is 0 Å². The molecule has 26 heavy (non-hydrogen) atoms. The molecule has 1 amide bonds. The fourth-order valence-electron chi connectivity index (χ4n) is 3.16. The lowest BCUT2D eigenvalue weighted by Gasteiger charge is -2.18. The average Bonchev–Trinajstić information content (AvgIpc) is 3.28. The van der Waals surface area contributed by atoms with E-state index in [1.54, 1.807) is 23.7 Å². The van der Waals surface area contributed by atoms with Crippen LogP contribution in [-0.4, -0.2) is 15.5 Å². The Bertz CT molecular complexity index is 1020. The van der Waals surface area contributed by atoms with Crippen molar-refractivity contribution in [3.8, 4) is 0 Å². The normalized spacial score (nSPS) is 12.2. The van der Waals surface area contributed by atoms with Crippen LogP contribution >= 0.6 is 11.3 Å². The van der Waals surface area contributed by atoms with Gasteiger partial charge >= 0.3 is 0 Å². The summed E-state index contributed by atoms with van der Waals surface area (Å²) in [7, 11) is 0. The van der Waals surface area contributed by atoms with Gasteiger partial charge in [-0.25, -0.2) is 0 Å². The molecule has 0 aliphatic carbocycles. The van der Waals surface area contributed by atoms with E-state index in [0.717, 1.165) is 15.8 Å². The Morgan fingerprint density at radius 1 is 1.19 bits per heavy atom. The van der Waals surface area contributed by atoms with Gasteiger partial charge in [0.15, 0.2) is 0 Å². The van der Waals surface area contributed by atoms with Crippen LogP contribution in [0.4, 0.5) is 0 Å². The van der Waals surface area contributed by atoms with E-state index in [1.165, 1.54) is 5.56 Å². The average molecular weight is 361 g/mol. The van der Waals surface area contributed by atoms with Crippen molar-refractivity contribution in [3.05, 3.63) is 89.2 Å². The van der Waals surface area contributed by atoms with Gasteiger partial charge in [0.05, 0.1) is 6.04 Å². The Labute approximate surface area is 156 Å². The number of rotatable bonds is 5. The Hall–Kier alpha value is -2.92. The van der Waals surface area contributed by atoms with Gasteiger partial charge in [-0.3, -0.25) is 9.78 Å². The molecule has 3 aromatic heterocycles. The highest BCUT2D eigenvalue weighted by atomic mass is 32.1. The summed E-state index contributed by atoms with van der Waals surface area (Å²) in [4.78, 5) is 18.1. The van der Waals surface area contributed by atoms with Gasteiger partial charge in [0.1, 0.15) is 10.5 Å². The molecule has 1 N–H and O–H groups in total. The lowest BCUT2D eigenvalue weighted by atomic mass is 10.1. The van der Waals surface area contributed by atoms with Gasteiger partial charge < -0.3 is 9.88 Å². The molecule has 4 aromatic rings. The van der Waals surface area contributed by atoms with Crippen LogP contribution in [0.1, 0.15) is 34.6 Å². The molecule has 1 aromatic carbocycles. The molecule has 130 valence electrons. The Morgan fingerprint density at radius 2 is 2.04 bits per heavy atom. The second-order valence-corrected chi connectivity index (χ2v) is 7.11. The van der Waals surface area contributed by atoms with E-state index in [0.29, 0.717) is 12.2 Å². The van der Waals surface area contributed by atoms with Crippen LogP contribution in [0.3, 0.4) is 0 Å². The van der Waals surface area contributed by atoms with Crippen LogP contribution in [0.25, 0.3) is 10.2 Å². The first-order valence-corrected chi connectivity index (χ1v) is 9.42. The van der Waals surface area contributed by atoms with Crippen LogP contribution in [0, 0.1) is 0 Å². The Balaban J connectivity index is 1.66. The smallest absolute Gasteiger partial charge is 0.268 e. The molecule has 0 saturated carbocycles. The highest BCUT2D eigenvalue weighted by Gasteiger charge is 2.21. The SMILES string of the molecule is CC(c1ccccc1)n1c(C(=O)NCc2cccnc2)cc2ccsc21. The minimum Gasteiger partial charge on any atom is -0.347 e. The molecule has 3 heterocycles. The second-order valence-electron chi connectivity index (χ2n) is 6.21. The number of hydrogen-bond donors (Lipinski definition) is 1. The first-order valence-electron chi connectivity index (χ1n) is 8.54. The fourth-order valence-corrected chi connectivity index (χ4v) is 4.14. The molecular formula is C21H19N3OS. The highest BCUT2D eigenvalue weighted by Crippen LogP contribution is 2.31. The number of thiophene rings is 1. The monoisotopic (exact) mass is 361 g/mol. The number of pyridine rings is 1. The maximum atomic E-state index is 12.9. The van der Waals surface area contributed by atoms with Crippen molar-refractivity contribution in [1.82, 2.24) is 14.9 Å². The van der Waals surface area contributed by atoms with E-state index in [-0.39, 0.29) is 11.9 Å². The lowest BCUT2D eigenvalue weighted by Crippen LogP contribution is -2.26. The van der Waals surface area contributed by atoms with Crippen molar-refractivity contribution in [2.75, 3.05) is 0 Å². The molecule has 0 aliphatic rings. The van der Waals surface area contributed by atoms with Crippen molar-refractivity contribution >= 4 is 27.5 Å². The van der Waals surface area contributed by atoms with E-state index in [4.69, 9.17) is 0 Å². The summed E-state index contributed by atoms with van der Waals surface area (Å²) in [5.74, 6) is -0.0694.